The van der Waals surface area contributed by atoms with Crippen LogP contribution in [0, 0.1) is 11.3 Å². The summed E-state index contributed by atoms with van der Waals surface area (Å²) < 4.78 is 2.40. The van der Waals surface area contributed by atoms with Crippen LogP contribution in [0.15, 0.2) is 36.9 Å². The Bertz CT molecular complexity index is 808. The Morgan fingerprint density at radius 1 is 1.24 bits per heavy atom. The number of rotatable bonds is 8. The molecule has 0 bridgehead atoms. The molecule has 128 valence electrons. The molecule has 0 amide bonds. The van der Waals surface area contributed by atoms with Crippen molar-refractivity contribution in [2.75, 3.05) is 6.54 Å². The molecule has 5 heteroatoms. The lowest BCUT2D eigenvalue weighted by Crippen LogP contribution is -2.25. The number of hydrogen-bond donors (Lipinski definition) is 0. The molecule has 2 aromatic rings. The molecule has 2 aliphatic carbocycles. The molecule has 4 rings (SSSR count). The molecule has 25 heavy (non-hydrogen) atoms. The van der Waals surface area contributed by atoms with Crippen molar-refractivity contribution in [1.29, 1.82) is 5.26 Å². The van der Waals surface area contributed by atoms with E-state index in [2.05, 4.69) is 38.4 Å². The van der Waals surface area contributed by atoms with Crippen molar-refractivity contribution in [1.82, 2.24) is 19.7 Å². The maximum absolute atomic E-state index is 9.10. The SMILES string of the molecule is C=CCN(Cc1cccc(C#N)c1)Cc1nnc(C2CC2)n1C1CC1. The van der Waals surface area contributed by atoms with Crippen molar-refractivity contribution in [2.45, 2.75) is 50.7 Å². The molecule has 0 saturated heterocycles. The fourth-order valence-corrected chi connectivity index (χ4v) is 3.36. The number of aromatic nitrogens is 3. The second-order valence-corrected chi connectivity index (χ2v) is 7.12. The van der Waals surface area contributed by atoms with E-state index in [1.54, 1.807) is 0 Å². The van der Waals surface area contributed by atoms with Crippen LogP contribution in [-0.2, 0) is 13.1 Å². The number of hydrogen-bond acceptors (Lipinski definition) is 4. The van der Waals surface area contributed by atoms with E-state index in [0.29, 0.717) is 17.5 Å². The zero-order valence-corrected chi connectivity index (χ0v) is 14.4. The van der Waals surface area contributed by atoms with Gasteiger partial charge in [-0.05, 0) is 43.4 Å². The van der Waals surface area contributed by atoms with Gasteiger partial charge in [-0.25, -0.2) is 0 Å². The van der Waals surface area contributed by atoms with Crippen LogP contribution in [0.2, 0.25) is 0 Å². The van der Waals surface area contributed by atoms with Gasteiger partial charge >= 0.3 is 0 Å². The first-order chi connectivity index (χ1) is 12.3. The smallest absolute Gasteiger partial charge is 0.147 e. The topological polar surface area (TPSA) is 57.7 Å². The van der Waals surface area contributed by atoms with Gasteiger partial charge in [-0.1, -0.05) is 18.2 Å². The normalized spacial score (nSPS) is 16.8. The Kier molecular flexibility index (Phi) is 4.37. The van der Waals surface area contributed by atoms with Crippen molar-refractivity contribution in [3.63, 3.8) is 0 Å². The minimum absolute atomic E-state index is 0.605. The molecule has 2 fully saturated rings. The Labute approximate surface area is 148 Å². The standard InChI is InChI=1S/C20H23N5/c1-2-10-24(13-16-5-3-4-15(11-16)12-21)14-19-22-23-20(17-6-7-17)25(19)18-8-9-18/h2-5,11,17-18H,1,6-10,13-14H2. The highest BCUT2D eigenvalue weighted by Gasteiger charge is 2.36. The van der Waals surface area contributed by atoms with Gasteiger partial charge in [0.2, 0.25) is 0 Å². The van der Waals surface area contributed by atoms with Gasteiger partial charge in [0.1, 0.15) is 11.6 Å². The largest absolute Gasteiger partial charge is 0.311 e. The summed E-state index contributed by atoms with van der Waals surface area (Å²) in [5.41, 5.74) is 1.84. The summed E-state index contributed by atoms with van der Waals surface area (Å²) in [6.07, 6.45) is 6.92. The molecule has 0 atom stereocenters. The van der Waals surface area contributed by atoms with E-state index in [1.807, 2.05) is 24.3 Å². The maximum Gasteiger partial charge on any atom is 0.147 e. The molecular weight excluding hydrogens is 310 g/mol. The van der Waals surface area contributed by atoms with Crippen LogP contribution < -0.4 is 0 Å². The highest BCUT2D eigenvalue weighted by molar-refractivity contribution is 5.32. The van der Waals surface area contributed by atoms with Crippen molar-refractivity contribution in [3.8, 4) is 6.07 Å². The van der Waals surface area contributed by atoms with Crippen LogP contribution >= 0.6 is 0 Å². The maximum atomic E-state index is 9.10. The van der Waals surface area contributed by atoms with E-state index in [1.165, 1.54) is 31.5 Å². The quantitative estimate of drug-likeness (QED) is 0.693. The monoisotopic (exact) mass is 333 g/mol. The zero-order chi connectivity index (χ0) is 17.2. The predicted octanol–water partition coefficient (Wildman–Crippen LogP) is 3.55. The Morgan fingerprint density at radius 2 is 2.08 bits per heavy atom. The highest BCUT2D eigenvalue weighted by Crippen LogP contribution is 2.44. The van der Waals surface area contributed by atoms with Crippen molar-refractivity contribution in [2.24, 2.45) is 0 Å². The van der Waals surface area contributed by atoms with E-state index in [0.717, 1.165) is 31.0 Å². The van der Waals surface area contributed by atoms with E-state index in [9.17, 15) is 0 Å². The highest BCUT2D eigenvalue weighted by atomic mass is 15.3. The third-order valence-corrected chi connectivity index (χ3v) is 4.86. The molecule has 2 saturated carbocycles. The predicted molar refractivity (Wildman–Crippen MR) is 95.7 cm³/mol. The van der Waals surface area contributed by atoms with Crippen molar-refractivity contribution < 1.29 is 0 Å². The van der Waals surface area contributed by atoms with Crippen LogP contribution in [-0.4, -0.2) is 26.2 Å². The van der Waals surface area contributed by atoms with E-state index in [4.69, 9.17) is 5.26 Å². The average Bonchev–Trinajstić information content (AvgIpc) is 3.54. The molecule has 0 spiro atoms. The summed E-state index contributed by atoms with van der Waals surface area (Å²) in [5, 5.41) is 18.1. The third kappa shape index (κ3) is 3.64. The summed E-state index contributed by atoms with van der Waals surface area (Å²) in [4.78, 5) is 2.31. The summed E-state index contributed by atoms with van der Waals surface area (Å²) in [6.45, 7) is 6.22. The average molecular weight is 333 g/mol. The number of nitrogens with zero attached hydrogens (tertiary/aromatic N) is 5. The first kappa shape index (κ1) is 16.0. The van der Waals surface area contributed by atoms with Gasteiger partial charge in [-0.3, -0.25) is 4.90 Å². The van der Waals surface area contributed by atoms with Crippen molar-refractivity contribution in [3.05, 3.63) is 59.7 Å². The van der Waals surface area contributed by atoms with Gasteiger partial charge in [-0.15, -0.1) is 16.8 Å². The summed E-state index contributed by atoms with van der Waals surface area (Å²) >= 11 is 0. The lowest BCUT2D eigenvalue weighted by atomic mass is 10.1. The Hall–Kier alpha value is -2.45. The fourth-order valence-electron chi connectivity index (χ4n) is 3.36. The first-order valence-corrected chi connectivity index (χ1v) is 9.04. The van der Waals surface area contributed by atoms with Gasteiger partial charge in [0.25, 0.3) is 0 Å². The molecular formula is C20H23N5. The van der Waals surface area contributed by atoms with Gasteiger partial charge in [0, 0.05) is 25.0 Å². The molecule has 1 aromatic heterocycles. The van der Waals surface area contributed by atoms with Crippen LogP contribution in [0.3, 0.4) is 0 Å². The molecule has 5 nitrogen and oxygen atoms in total. The first-order valence-electron chi connectivity index (χ1n) is 9.04. The lowest BCUT2D eigenvalue weighted by molar-refractivity contribution is 0.273. The molecule has 1 heterocycles. The van der Waals surface area contributed by atoms with Crippen LogP contribution in [0.1, 0.15) is 60.4 Å². The summed E-state index contributed by atoms with van der Waals surface area (Å²) in [5.74, 6) is 2.90. The van der Waals surface area contributed by atoms with E-state index < -0.39 is 0 Å². The van der Waals surface area contributed by atoms with Crippen LogP contribution in [0.5, 0.6) is 0 Å². The molecule has 1 aromatic carbocycles. The number of benzene rings is 1. The molecule has 0 unspecified atom stereocenters. The summed E-state index contributed by atoms with van der Waals surface area (Å²) in [7, 11) is 0. The second kappa shape index (κ2) is 6.81. The lowest BCUT2D eigenvalue weighted by Gasteiger charge is -2.21. The Morgan fingerprint density at radius 3 is 2.76 bits per heavy atom. The molecule has 0 N–H and O–H groups in total. The second-order valence-electron chi connectivity index (χ2n) is 7.12. The van der Waals surface area contributed by atoms with Gasteiger partial charge in [0.15, 0.2) is 0 Å². The molecule has 2 aliphatic rings. The van der Waals surface area contributed by atoms with E-state index in [-0.39, 0.29) is 0 Å². The van der Waals surface area contributed by atoms with Gasteiger partial charge in [0.05, 0.1) is 18.2 Å². The molecule has 0 aliphatic heterocycles. The van der Waals surface area contributed by atoms with Crippen molar-refractivity contribution >= 4 is 0 Å². The van der Waals surface area contributed by atoms with E-state index >= 15 is 0 Å². The van der Waals surface area contributed by atoms with Crippen LogP contribution in [0.4, 0.5) is 0 Å². The van der Waals surface area contributed by atoms with Gasteiger partial charge in [-0.2, -0.15) is 5.26 Å². The minimum Gasteiger partial charge on any atom is -0.311 e. The minimum atomic E-state index is 0.605. The Balaban J connectivity index is 1.54. The van der Waals surface area contributed by atoms with Gasteiger partial charge < -0.3 is 4.57 Å². The zero-order valence-electron chi connectivity index (χ0n) is 14.4. The summed E-state index contributed by atoms with van der Waals surface area (Å²) in [6, 6.07) is 10.6. The molecule has 0 radical (unpaired) electrons. The number of nitriles is 1. The third-order valence-electron chi connectivity index (χ3n) is 4.86. The van der Waals surface area contributed by atoms with Crippen LogP contribution in [0.25, 0.3) is 0 Å². The fraction of sp³-hybridized carbons (Fsp3) is 0.450.